The van der Waals surface area contributed by atoms with Gasteiger partial charge >= 0.3 is 5.97 Å². The van der Waals surface area contributed by atoms with Crippen molar-refractivity contribution in [3.63, 3.8) is 0 Å². The normalized spacial score (nSPS) is 21.3. The van der Waals surface area contributed by atoms with Gasteiger partial charge in [0, 0.05) is 32.8 Å². The number of carboxylic acid groups (broad SMARTS) is 1. The van der Waals surface area contributed by atoms with Gasteiger partial charge in [-0.15, -0.1) is 5.10 Å². The minimum atomic E-state index is -1.37. The highest BCUT2D eigenvalue weighted by molar-refractivity contribution is 5.78. The number of aliphatic hydroxyl groups is 3. The zero-order valence-electron chi connectivity index (χ0n) is 26.5. The number of ether oxygens (including phenoxy) is 6. The second-order valence-electron chi connectivity index (χ2n) is 10.8. The molecular formula is C29H50N4O13. The molecule has 17 nitrogen and oxygen atoms in total. The van der Waals surface area contributed by atoms with Crippen LogP contribution < -0.4 is 5.32 Å². The summed E-state index contributed by atoms with van der Waals surface area (Å²) in [7, 11) is 0. The molecule has 1 saturated heterocycles. The van der Waals surface area contributed by atoms with E-state index in [1.54, 1.807) is 10.9 Å². The van der Waals surface area contributed by atoms with Crippen LogP contribution in [0.25, 0.3) is 0 Å². The van der Waals surface area contributed by atoms with Crippen LogP contribution >= 0.6 is 0 Å². The molecule has 0 aromatic carbocycles. The Morgan fingerprint density at radius 3 is 2.20 bits per heavy atom. The molecule has 264 valence electrons. The molecule has 5 N–H and O–H groups in total. The minimum Gasteiger partial charge on any atom is -0.481 e. The van der Waals surface area contributed by atoms with Gasteiger partial charge in [-0.05, 0) is 19.3 Å². The number of Topliss-reactive ketones (excluding diaryl/α,β-unsaturated/α-hetero) is 1. The first-order valence-corrected chi connectivity index (χ1v) is 15.7. The van der Waals surface area contributed by atoms with Gasteiger partial charge in [-0.3, -0.25) is 14.4 Å². The van der Waals surface area contributed by atoms with Crippen molar-refractivity contribution in [1.29, 1.82) is 0 Å². The number of aliphatic carboxylic acids is 1. The van der Waals surface area contributed by atoms with Gasteiger partial charge in [-0.2, -0.15) is 0 Å². The monoisotopic (exact) mass is 662 g/mol. The van der Waals surface area contributed by atoms with Crippen LogP contribution in [-0.2, 0) is 56.0 Å². The number of amides is 1. The average molecular weight is 663 g/mol. The summed E-state index contributed by atoms with van der Waals surface area (Å²) < 4.78 is 34.8. The summed E-state index contributed by atoms with van der Waals surface area (Å²) in [6.45, 7) is 4.11. The van der Waals surface area contributed by atoms with Crippen LogP contribution in [0.3, 0.4) is 0 Å². The molecule has 1 amide bonds. The number of carbonyl (C=O) groups excluding carboxylic acids is 2. The largest absolute Gasteiger partial charge is 0.481 e. The molecule has 0 unspecified atom stereocenters. The van der Waals surface area contributed by atoms with Crippen molar-refractivity contribution in [3.8, 4) is 0 Å². The van der Waals surface area contributed by atoms with Crippen molar-refractivity contribution in [1.82, 2.24) is 20.3 Å². The quantitative estimate of drug-likeness (QED) is 0.0726. The number of carboxylic acids is 1. The van der Waals surface area contributed by atoms with Gasteiger partial charge in [0.25, 0.3) is 0 Å². The van der Waals surface area contributed by atoms with Crippen LogP contribution in [0.5, 0.6) is 0 Å². The van der Waals surface area contributed by atoms with Gasteiger partial charge in [-0.25, -0.2) is 4.68 Å². The number of rotatable bonds is 27. The molecule has 1 aliphatic rings. The van der Waals surface area contributed by atoms with Crippen molar-refractivity contribution < 1.29 is 63.2 Å². The predicted molar refractivity (Wildman–Crippen MR) is 158 cm³/mol. The first kappa shape index (κ1) is 39.6. The van der Waals surface area contributed by atoms with Gasteiger partial charge < -0.3 is 54.2 Å². The van der Waals surface area contributed by atoms with Crippen LogP contribution in [0.4, 0.5) is 0 Å². The molecule has 5 atom stereocenters. The van der Waals surface area contributed by atoms with Gasteiger partial charge in [-0.1, -0.05) is 11.6 Å². The lowest BCUT2D eigenvalue weighted by Crippen LogP contribution is -2.64. The maximum Gasteiger partial charge on any atom is 0.303 e. The van der Waals surface area contributed by atoms with Gasteiger partial charge in [0.1, 0.15) is 35.8 Å². The van der Waals surface area contributed by atoms with Crippen LogP contribution in [0.1, 0.15) is 57.6 Å². The lowest BCUT2D eigenvalue weighted by Gasteiger charge is -2.42. The molecular weight excluding hydrogens is 612 g/mol. The highest BCUT2D eigenvalue weighted by atomic mass is 16.7. The summed E-state index contributed by atoms with van der Waals surface area (Å²) in [6, 6.07) is -0.999. The first-order valence-electron chi connectivity index (χ1n) is 15.7. The molecule has 2 rings (SSSR count). The number of aliphatic hydroxyl groups excluding tert-OH is 3. The molecule has 1 fully saturated rings. The van der Waals surface area contributed by atoms with Crippen LogP contribution in [0, 0.1) is 0 Å². The molecule has 1 aromatic rings. The first-order chi connectivity index (χ1) is 22.2. The van der Waals surface area contributed by atoms with E-state index in [2.05, 4.69) is 15.6 Å². The van der Waals surface area contributed by atoms with Crippen molar-refractivity contribution in [3.05, 3.63) is 11.9 Å². The van der Waals surface area contributed by atoms with E-state index in [4.69, 9.17) is 33.5 Å². The molecule has 0 radical (unpaired) electrons. The molecule has 17 heteroatoms. The maximum absolute atomic E-state index is 11.9. The van der Waals surface area contributed by atoms with E-state index in [9.17, 15) is 29.7 Å². The zero-order chi connectivity index (χ0) is 33.6. The molecule has 1 aliphatic heterocycles. The standard InChI is InChI=1S/C29H50N4O13/c1-21(35)30-26-28(40)27(39)24(19-34)46-29(26)45-17-16-43-15-14-42-13-12-41-11-9-33-18-22(31-32-33)20-44-10-5-7-23(36)6-3-2-4-8-25(37)38/h18,24,26-29,34,39-40H,2-17,19-20H2,1H3,(H,30,35)(H,37,38)/t24-,26-,27+,28-,29-/m1/s1. The maximum atomic E-state index is 11.9. The highest BCUT2D eigenvalue weighted by Gasteiger charge is 2.45. The van der Waals surface area contributed by atoms with E-state index < -0.39 is 49.1 Å². The summed E-state index contributed by atoms with van der Waals surface area (Å²) in [5.41, 5.74) is 0.683. The number of hydrogen-bond acceptors (Lipinski definition) is 14. The summed E-state index contributed by atoms with van der Waals surface area (Å²) >= 11 is 0. The number of nitrogens with zero attached hydrogens (tertiary/aromatic N) is 3. The molecule has 1 aromatic heterocycles. The third-order valence-corrected chi connectivity index (χ3v) is 6.90. The van der Waals surface area contributed by atoms with Crippen molar-refractivity contribution in [2.45, 2.75) is 95.7 Å². The summed E-state index contributed by atoms with van der Waals surface area (Å²) in [5.74, 6) is -1.07. The van der Waals surface area contributed by atoms with Gasteiger partial charge in [0.15, 0.2) is 6.29 Å². The summed E-state index contributed by atoms with van der Waals surface area (Å²) in [5, 5.41) is 48.9. The van der Waals surface area contributed by atoms with E-state index in [0.29, 0.717) is 84.2 Å². The fraction of sp³-hybridized carbons (Fsp3) is 0.828. The second-order valence-corrected chi connectivity index (χ2v) is 10.8. The Kier molecular flexibility index (Phi) is 20.4. The SMILES string of the molecule is CC(=O)N[C@H]1[C@H](OCCOCCOCCOCCn2cc(COCCCC(=O)CCCCCC(=O)O)nn2)O[C@H](CO)[C@H](O)[C@@H]1O. The van der Waals surface area contributed by atoms with Crippen LogP contribution in [0.2, 0.25) is 0 Å². The third kappa shape index (κ3) is 16.8. The topological polar surface area (TPSA) is 230 Å². The highest BCUT2D eigenvalue weighted by Crippen LogP contribution is 2.22. The summed E-state index contributed by atoms with van der Waals surface area (Å²) in [6.07, 6.45) is 0.683. The fourth-order valence-electron chi connectivity index (χ4n) is 4.50. The molecule has 2 heterocycles. The van der Waals surface area contributed by atoms with Crippen molar-refractivity contribution in [2.75, 3.05) is 59.5 Å². The molecule has 0 aliphatic carbocycles. The van der Waals surface area contributed by atoms with Crippen molar-refractivity contribution >= 4 is 17.7 Å². The Morgan fingerprint density at radius 1 is 0.870 bits per heavy atom. The molecule has 46 heavy (non-hydrogen) atoms. The molecule has 0 saturated carbocycles. The molecule has 0 bridgehead atoms. The Balaban J connectivity index is 1.41. The van der Waals surface area contributed by atoms with Gasteiger partial charge in [0.2, 0.25) is 5.91 Å². The fourth-order valence-corrected chi connectivity index (χ4v) is 4.50. The third-order valence-electron chi connectivity index (χ3n) is 6.90. The summed E-state index contributed by atoms with van der Waals surface area (Å²) in [4.78, 5) is 33.8. The minimum absolute atomic E-state index is 0.0852. The predicted octanol–water partition coefficient (Wildman–Crippen LogP) is -0.811. The Labute approximate surface area is 268 Å². The Hall–Kier alpha value is -2.61. The molecule has 0 spiro atoms. The number of aromatic nitrogens is 3. The average Bonchev–Trinajstić information content (AvgIpc) is 3.47. The lowest BCUT2D eigenvalue weighted by molar-refractivity contribution is -0.272. The smallest absolute Gasteiger partial charge is 0.303 e. The number of unbranched alkanes of at least 4 members (excludes halogenated alkanes) is 2. The van der Waals surface area contributed by atoms with Crippen molar-refractivity contribution in [2.24, 2.45) is 0 Å². The number of carbonyl (C=O) groups is 3. The van der Waals surface area contributed by atoms with E-state index in [1.807, 2.05) is 0 Å². The number of nitrogens with one attached hydrogen (secondary N) is 1. The Morgan fingerprint density at radius 2 is 1.52 bits per heavy atom. The van der Waals surface area contributed by atoms with Crippen LogP contribution in [-0.4, -0.2) is 143 Å². The van der Waals surface area contributed by atoms with Crippen LogP contribution in [0.15, 0.2) is 6.20 Å². The Bertz CT molecular complexity index is 998. The lowest BCUT2D eigenvalue weighted by atomic mass is 9.97. The van der Waals surface area contributed by atoms with Gasteiger partial charge in [0.05, 0.1) is 72.2 Å². The van der Waals surface area contributed by atoms with E-state index >= 15 is 0 Å². The van der Waals surface area contributed by atoms with E-state index in [-0.39, 0.29) is 25.4 Å². The number of hydrogen-bond donors (Lipinski definition) is 5. The van der Waals surface area contributed by atoms with E-state index in [1.165, 1.54) is 6.92 Å². The second kappa shape index (κ2) is 23.7. The zero-order valence-corrected chi connectivity index (χ0v) is 26.5. The number of ketones is 1. The van der Waals surface area contributed by atoms with E-state index in [0.717, 1.165) is 12.8 Å².